The number of carbonyl (C=O) groups is 1. The maximum absolute atomic E-state index is 12.1. The summed E-state index contributed by atoms with van der Waals surface area (Å²) in [6, 6.07) is 10.4. The van der Waals surface area contributed by atoms with Gasteiger partial charge in [0.2, 0.25) is 5.91 Å². The average molecular weight is 286 g/mol. The highest BCUT2D eigenvalue weighted by Gasteiger charge is 2.17. The Morgan fingerprint density at radius 2 is 1.86 bits per heavy atom. The summed E-state index contributed by atoms with van der Waals surface area (Å²) in [5.74, 6) is 0.297. The van der Waals surface area contributed by atoms with Gasteiger partial charge in [-0.15, -0.1) is 0 Å². The van der Waals surface area contributed by atoms with Crippen LogP contribution < -0.4 is 5.73 Å². The van der Waals surface area contributed by atoms with E-state index < -0.39 is 0 Å². The highest BCUT2D eigenvalue weighted by molar-refractivity contribution is 5.78. The molecule has 0 fully saturated rings. The second kappa shape index (κ2) is 8.63. The molecule has 3 heteroatoms. The van der Waals surface area contributed by atoms with Gasteiger partial charge >= 0.3 is 0 Å². The van der Waals surface area contributed by atoms with Crippen molar-refractivity contribution in [3.8, 4) is 0 Å². The molecule has 1 aromatic carbocycles. The van der Waals surface area contributed by atoms with E-state index in [-0.39, 0.29) is 0 Å². The summed E-state index contributed by atoms with van der Waals surface area (Å²) in [6.07, 6.45) is 8.16. The smallest absolute Gasteiger partial charge is 0.222 e. The number of nitrogens with zero attached hydrogens (tertiary/aromatic N) is 1. The van der Waals surface area contributed by atoms with Gasteiger partial charge in [-0.25, -0.2) is 0 Å². The van der Waals surface area contributed by atoms with Gasteiger partial charge in [-0.2, -0.15) is 0 Å². The Hall–Kier alpha value is -1.61. The minimum absolute atomic E-state index is 0.297. The number of amides is 1. The topological polar surface area (TPSA) is 46.3 Å². The van der Waals surface area contributed by atoms with E-state index in [2.05, 4.69) is 30.3 Å². The molecule has 0 spiro atoms. The quantitative estimate of drug-likeness (QED) is 0.782. The number of nitrogens with two attached hydrogens (primary N) is 1. The van der Waals surface area contributed by atoms with Crippen LogP contribution in [0.2, 0.25) is 0 Å². The Morgan fingerprint density at radius 3 is 2.52 bits per heavy atom. The zero-order valence-electron chi connectivity index (χ0n) is 12.8. The molecule has 0 aliphatic carbocycles. The molecule has 0 unspecified atom stereocenters. The fourth-order valence-corrected chi connectivity index (χ4v) is 2.74. The molecule has 21 heavy (non-hydrogen) atoms. The molecule has 2 rings (SSSR count). The van der Waals surface area contributed by atoms with Crippen molar-refractivity contribution in [1.82, 2.24) is 4.90 Å². The van der Waals surface area contributed by atoms with Gasteiger partial charge in [0, 0.05) is 19.5 Å². The third-order valence-electron chi connectivity index (χ3n) is 4.05. The summed E-state index contributed by atoms with van der Waals surface area (Å²) in [4.78, 5) is 14.1. The summed E-state index contributed by atoms with van der Waals surface area (Å²) in [7, 11) is 0. The summed E-state index contributed by atoms with van der Waals surface area (Å²) < 4.78 is 0. The first-order chi connectivity index (χ1) is 10.3. The predicted octanol–water partition coefficient (Wildman–Crippen LogP) is 3.21. The fourth-order valence-electron chi connectivity index (χ4n) is 2.74. The van der Waals surface area contributed by atoms with E-state index in [1.54, 1.807) is 0 Å². The van der Waals surface area contributed by atoms with Gasteiger partial charge in [0.1, 0.15) is 0 Å². The number of hydrogen-bond donors (Lipinski definition) is 1. The van der Waals surface area contributed by atoms with Crippen LogP contribution in [0.5, 0.6) is 0 Å². The molecule has 1 aliphatic rings. The minimum Gasteiger partial charge on any atom is -0.339 e. The molecule has 1 aromatic rings. The third kappa shape index (κ3) is 5.01. The zero-order valence-corrected chi connectivity index (χ0v) is 12.8. The molecule has 0 saturated carbocycles. The second-order valence-corrected chi connectivity index (χ2v) is 5.64. The van der Waals surface area contributed by atoms with Crippen LogP contribution in [0.1, 0.15) is 44.1 Å². The summed E-state index contributed by atoms with van der Waals surface area (Å²) in [6.45, 7) is 2.36. The van der Waals surface area contributed by atoms with Gasteiger partial charge < -0.3 is 10.6 Å². The molecule has 1 aliphatic heterocycles. The first-order valence-electron chi connectivity index (χ1n) is 8.03. The zero-order chi connectivity index (χ0) is 14.9. The lowest BCUT2D eigenvalue weighted by molar-refractivity contribution is -0.130. The van der Waals surface area contributed by atoms with E-state index in [4.69, 9.17) is 5.73 Å². The molecule has 0 radical (unpaired) electrons. The van der Waals surface area contributed by atoms with Gasteiger partial charge in [-0.05, 0) is 36.9 Å². The highest BCUT2D eigenvalue weighted by Crippen LogP contribution is 2.22. The van der Waals surface area contributed by atoms with E-state index in [9.17, 15) is 4.79 Å². The lowest BCUT2D eigenvalue weighted by Crippen LogP contribution is -2.34. The Labute approximate surface area is 127 Å². The van der Waals surface area contributed by atoms with Gasteiger partial charge in [-0.1, -0.05) is 49.2 Å². The van der Waals surface area contributed by atoms with Crippen LogP contribution in [0.25, 0.3) is 5.57 Å². The maximum atomic E-state index is 12.1. The van der Waals surface area contributed by atoms with Crippen molar-refractivity contribution in [2.75, 3.05) is 19.6 Å². The lowest BCUT2D eigenvalue weighted by atomic mass is 9.99. The van der Waals surface area contributed by atoms with Crippen LogP contribution in [0.4, 0.5) is 0 Å². The van der Waals surface area contributed by atoms with Crippen LogP contribution in [0, 0.1) is 0 Å². The molecular formula is C18H26N2O. The fraction of sp³-hybridized carbons (Fsp3) is 0.500. The maximum Gasteiger partial charge on any atom is 0.222 e. The number of hydrogen-bond acceptors (Lipinski definition) is 2. The number of carbonyl (C=O) groups excluding carboxylic acids is 1. The molecule has 2 N–H and O–H groups in total. The SMILES string of the molecule is NCCCCCCC(=O)N1CC=C(c2ccccc2)CC1. The second-order valence-electron chi connectivity index (χ2n) is 5.64. The Morgan fingerprint density at radius 1 is 1.10 bits per heavy atom. The van der Waals surface area contributed by atoms with Crippen LogP contribution in [0.15, 0.2) is 36.4 Å². The van der Waals surface area contributed by atoms with Crippen LogP contribution >= 0.6 is 0 Å². The molecule has 1 amide bonds. The predicted molar refractivity (Wildman–Crippen MR) is 87.8 cm³/mol. The summed E-state index contributed by atoms with van der Waals surface area (Å²) >= 11 is 0. The van der Waals surface area contributed by atoms with Crippen molar-refractivity contribution < 1.29 is 4.79 Å². The van der Waals surface area contributed by atoms with Crippen LogP contribution in [-0.2, 0) is 4.79 Å². The Kier molecular flexibility index (Phi) is 6.48. The average Bonchev–Trinajstić information content (AvgIpc) is 2.55. The number of unbranched alkanes of at least 4 members (excludes halogenated alkanes) is 3. The van der Waals surface area contributed by atoms with E-state index in [1.165, 1.54) is 11.1 Å². The molecule has 1 heterocycles. The molecule has 0 atom stereocenters. The van der Waals surface area contributed by atoms with Crippen LogP contribution in [-0.4, -0.2) is 30.4 Å². The minimum atomic E-state index is 0.297. The van der Waals surface area contributed by atoms with Gasteiger partial charge in [0.25, 0.3) is 0 Å². The Balaban J connectivity index is 1.75. The normalized spacial score (nSPS) is 14.9. The van der Waals surface area contributed by atoms with Crippen molar-refractivity contribution in [2.24, 2.45) is 5.73 Å². The molecule has 0 bridgehead atoms. The third-order valence-corrected chi connectivity index (χ3v) is 4.05. The van der Waals surface area contributed by atoms with Crippen molar-refractivity contribution in [3.63, 3.8) is 0 Å². The number of rotatable bonds is 7. The van der Waals surface area contributed by atoms with Gasteiger partial charge in [0.15, 0.2) is 0 Å². The molecular weight excluding hydrogens is 260 g/mol. The molecule has 0 saturated heterocycles. The van der Waals surface area contributed by atoms with Crippen LogP contribution in [0.3, 0.4) is 0 Å². The van der Waals surface area contributed by atoms with Crippen molar-refractivity contribution >= 4 is 11.5 Å². The van der Waals surface area contributed by atoms with Crippen molar-refractivity contribution in [2.45, 2.75) is 38.5 Å². The first kappa shape index (κ1) is 15.8. The molecule has 3 nitrogen and oxygen atoms in total. The highest BCUT2D eigenvalue weighted by atomic mass is 16.2. The standard InChI is InChI=1S/C18H26N2O/c19-13-7-2-1-6-10-18(21)20-14-11-17(12-15-20)16-8-4-3-5-9-16/h3-5,8-9,11H,1-2,6-7,10,12-15,19H2. The van der Waals surface area contributed by atoms with E-state index >= 15 is 0 Å². The van der Waals surface area contributed by atoms with Crippen molar-refractivity contribution in [1.29, 1.82) is 0 Å². The lowest BCUT2D eigenvalue weighted by Gasteiger charge is -2.26. The Bertz CT molecular complexity index is 467. The van der Waals surface area contributed by atoms with Crippen molar-refractivity contribution in [3.05, 3.63) is 42.0 Å². The first-order valence-corrected chi connectivity index (χ1v) is 8.03. The van der Waals surface area contributed by atoms with E-state index in [0.717, 1.165) is 51.7 Å². The molecule has 114 valence electrons. The summed E-state index contributed by atoms with van der Waals surface area (Å²) in [5, 5.41) is 0. The largest absolute Gasteiger partial charge is 0.339 e. The summed E-state index contributed by atoms with van der Waals surface area (Å²) in [5.41, 5.74) is 8.11. The van der Waals surface area contributed by atoms with Gasteiger partial charge in [-0.3, -0.25) is 4.79 Å². The van der Waals surface area contributed by atoms with E-state index in [0.29, 0.717) is 12.3 Å². The monoisotopic (exact) mass is 286 g/mol. The van der Waals surface area contributed by atoms with Gasteiger partial charge in [0.05, 0.1) is 0 Å². The number of benzene rings is 1. The van der Waals surface area contributed by atoms with E-state index in [1.807, 2.05) is 11.0 Å². The molecule has 0 aromatic heterocycles.